The lowest BCUT2D eigenvalue weighted by atomic mass is 10.3. The van der Waals surface area contributed by atoms with Gasteiger partial charge in [0.1, 0.15) is 0 Å². The van der Waals surface area contributed by atoms with Crippen molar-refractivity contribution in [2.45, 2.75) is 19.3 Å². The Bertz CT molecular complexity index is 521. The largest absolute Gasteiger partial charge is 0.351 e. The molecular weight excluding hydrogens is 254 g/mol. The van der Waals surface area contributed by atoms with Gasteiger partial charge < -0.3 is 14.8 Å². The molecule has 0 unspecified atom stereocenters. The van der Waals surface area contributed by atoms with Gasteiger partial charge in [-0.2, -0.15) is 5.10 Å². The first-order chi connectivity index (χ1) is 9.92. The molecule has 1 N–H and O–H groups in total. The van der Waals surface area contributed by atoms with E-state index in [0.29, 0.717) is 6.54 Å². The zero-order chi connectivity index (χ0) is 13.6. The molecule has 1 aliphatic heterocycles. The van der Waals surface area contributed by atoms with E-state index >= 15 is 0 Å². The summed E-state index contributed by atoms with van der Waals surface area (Å²) in [5.41, 5.74) is 2.21. The van der Waals surface area contributed by atoms with E-state index in [1.165, 1.54) is 0 Å². The zero-order valence-electron chi connectivity index (χ0n) is 11.4. The number of nitrogens with one attached hydrogen (secondary N) is 1. The van der Waals surface area contributed by atoms with Crippen LogP contribution in [0, 0.1) is 0 Å². The molecule has 20 heavy (non-hydrogen) atoms. The highest BCUT2D eigenvalue weighted by molar-refractivity contribution is 5.30. The normalized spacial score (nSPS) is 16.4. The maximum Gasteiger partial charge on any atom is 0.169 e. The van der Waals surface area contributed by atoms with Crippen LogP contribution in [-0.4, -0.2) is 35.8 Å². The molecule has 2 heterocycles. The monoisotopic (exact) mass is 273 g/mol. The van der Waals surface area contributed by atoms with Crippen LogP contribution in [0.4, 0.5) is 0 Å². The third-order valence-corrected chi connectivity index (χ3v) is 3.19. The second kappa shape index (κ2) is 6.65. The Hall–Kier alpha value is -1.69. The van der Waals surface area contributed by atoms with Crippen molar-refractivity contribution in [2.75, 3.05) is 19.8 Å². The lowest BCUT2D eigenvalue weighted by Gasteiger charge is -2.23. The number of rotatable bonds is 5. The van der Waals surface area contributed by atoms with E-state index < -0.39 is 0 Å². The molecule has 0 spiro atoms. The first-order valence-electron chi connectivity index (χ1n) is 6.95. The summed E-state index contributed by atoms with van der Waals surface area (Å²) in [6.07, 6.45) is 4.78. The third-order valence-electron chi connectivity index (χ3n) is 3.19. The fourth-order valence-corrected chi connectivity index (χ4v) is 2.16. The minimum Gasteiger partial charge on any atom is -0.351 e. The minimum absolute atomic E-state index is 0.118. The molecule has 106 valence electrons. The minimum atomic E-state index is -0.118. The lowest BCUT2D eigenvalue weighted by molar-refractivity contribution is -0.175. The molecule has 0 bridgehead atoms. The van der Waals surface area contributed by atoms with Crippen LogP contribution in [0.15, 0.2) is 42.7 Å². The van der Waals surface area contributed by atoms with E-state index in [-0.39, 0.29) is 6.29 Å². The fourth-order valence-electron chi connectivity index (χ4n) is 2.16. The van der Waals surface area contributed by atoms with Crippen LogP contribution < -0.4 is 5.32 Å². The summed E-state index contributed by atoms with van der Waals surface area (Å²) in [4.78, 5) is 0. The van der Waals surface area contributed by atoms with E-state index in [1.54, 1.807) is 0 Å². The molecule has 0 atom stereocenters. The summed E-state index contributed by atoms with van der Waals surface area (Å²) in [6.45, 7) is 3.04. The van der Waals surface area contributed by atoms with Gasteiger partial charge >= 0.3 is 0 Å². The van der Waals surface area contributed by atoms with E-state index in [9.17, 15) is 0 Å². The van der Waals surface area contributed by atoms with E-state index in [1.807, 2.05) is 47.4 Å². The Morgan fingerprint density at radius 1 is 1.20 bits per heavy atom. The smallest absolute Gasteiger partial charge is 0.169 e. The molecule has 3 rings (SSSR count). The summed E-state index contributed by atoms with van der Waals surface area (Å²) < 4.78 is 12.8. The SMILES string of the molecule is c1ccc(-n2cc(CNCC3OCCCO3)cn2)cc1. The van der Waals surface area contributed by atoms with E-state index in [4.69, 9.17) is 9.47 Å². The number of benzene rings is 1. The molecular formula is C15H19N3O2. The van der Waals surface area contributed by atoms with Crippen molar-refractivity contribution < 1.29 is 9.47 Å². The molecule has 0 radical (unpaired) electrons. The Morgan fingerprint density at radius 2 is 2.00 bits per heavy atom. The molecule has 0 saturated carbocycles. The van der Waals surface area contributed by atoms with Crippen LogP contribution in [-0.2, 0) is 16.0 Å². The molecule has 1 saturated heterocycles. The Labute approximate surface area is 118 Å². The average Bonchev–Trinajstić information content (AvgIpc) is 2.98. The number of aromatic nitrogens is 2. The second-order valence-corrected chi connectivity index (χ2v) is 4.78. The maximum atomic E-state index is 5.48. The highest BCUT2D eigenvalue weighted by Crippen LogP contribution is 2.08. The van der Waals surface area contributed by atoms with Crippen LogP contribution in [0.1, 0.15) is 12.0 Å². The zero-order valence-corrected chi connectivity index (χ0v) is 11.4. The molecule has 0 aliphatic carbocycles. The van der Waals surface area contributed by atoms with Gasteiger partial charge in [-0.1, -0.05) is 18.2 Å². The van der Waals surface area contributed by atoms with Crippen LogP contribution in [0.3, 0.4) is 0 Å². The first kappa shape index (κ1) is 13.3. The van der Waals surface area contributed by atoms with Gasteiger partial charge in [0.25, 0.3) is 0 Å². The van der Waals surface area contributed by atoms with Crippen LogP contribution in [0.2, 0.25) is 0 Å². The maximum absolute atomic E-state index is 5.48. The number of ether oxygens (including phenoxy) is 2. The van der Waals surface area contributed by atoms with Gasteiger partial charge in [0.2, 0.25) is 0 Å². The van der Waals surface area contributed by atoms with Crippen molar-refractivity contribution in [3.8, 4) is 5.69 Å². The van der Waals surface area contributed by atoms with Gasteiger partial charge in [0.15, 0.2) is 6.29 Å². The molecule has 1 aliphatic rings. The Morgan fingerprint density at radius 3 is 2.80 bits per heavy atom. The molecule has 1 aromatic heterocycles. The standard InChI is InChI=1S/C15H19N3O2/c1-2-5-14(6-3-1)18-12-13(10-17-18)9-16-11-15-19-7-4-8-20-15/h1-3,5-6,10,12,15-16H,4,7-9,11H2. The van der Waals surface area contributed by atoms with E-state index in [0.717, 1.165) is 37.4 Å². The van der Waals surface area contributed by atoms with Gasteiger partial charge in [-0.3, -0.25) is 0 Å². The molecule has 2 aromatic rings. The number of nitrogens with zero attached hydrogens (tertiary/aromatic N) is 2. The van der Waals surface area contributed by atoms with Gasteiger partial charge in [0.05, 0.1) is 25.1 Å². The van der Waals surface area contributed by atoms with Crippen LogP contribution in [0.25, 0.3) is 5.69 Å². The number of para-hydroxylation sites is 1. The highest BCUT2D eigenvalue weighted by atomic mass is 16.7. The molecule has 0 amide bonds. The van der Waals surface area contributed by atoms with Crippen molar-refractivity contribution in [1.29, 1.82) is 0 Å². The van der Waals surface area contributed by atoms with Crippen LogP contribution >= 0.6 is 0 Å². The summed E-state index contributed by atoms with van der Waals surface area (Å²) in [5.74, 6) is 0. The summed E-state index contributed by atoms with van der Waals surface area (Å²) >= 11 is 0. The Kier molecular flexibility index (Phi) is 4.42. The summed E-state index contributed by atoms with van der Waals surface area (Å²) in [7, 11) is 0. The quantitative estimate of drug-likeness (QED) is 0.901. The predicted octanol–water partition coefficient (Wildman–Crippen LogP) is 1.72. The average molecular weight is 273 g/mol. The second-order valence-electron chi connectivity index (χ2n) is 4.78. The summed E-state index contributed by atoms with van der Waals surface area (Å²) in [5, 5.41) is 7.70. The number of hydrogen-bond donors (Lipinski definition) is 1. The molecule has 5 nitrogen and oxygen atoms in total. The van der Waals surface area contributed by atoms with Gasteiger partial charge in [-0.15, -0.1) is 0 Å². The molecule has 1 fully saturated rings. The Balaban J connectivity index is 1.50. The van der Waals surface area contributed by atoms with Crippen molar-refractivity contribution >= 4 is 0 Å². The topological polar surface area (TPSA) is 48.3 Å². The van der Waals surface area contributed by atoms with Crippen LogP contribution in [0.5, 0.6) is 0 Å². The molecule has 5 heteroatoms. The van der Waals surface area contributed by atoms with Gasteiger partial charge in [0, 0.05) is 24.8 Å². The third kappa shape index (κ3) is 3.45. The molecule has 1 aromatic carbocycles. The van der Waals surface area contributed by atoms with Gasteiger partial charge in [-0.05, 0) is 18.6 Å². The highest BCUT2D eigenvalue weighted by Gasteiger charge is 2.13. The first-order valence-corrected chi connectivity index (χ1v) is 6.95. The fraction of sp³-hybridized carbons (Fsp3) is 0.400. The van der Waals surface area contributed by atoms with Crippen molar-refractivity contribution in [1.82, 2.24) is 15.1 Å². The summed E-state index contributed by atoms with van der Waals surface area (Å²) in [6, 6.07) is 10.1. The van der Waals surface area contributed by atoms with Crippen molar-refractivity contribution in [3.05, 3.63) is 48.3 Å². The predicted molar refractivity (Wildman–Crippen MR) is 75.6 cm³/mol. The number of hydrogen-bond acceptors (Lipinski definition) is 4. The van der Waals surface area contributed by atoms with Gasteiger partial charge in [-0.25, -0.2) is 4.68 Å². The van der Waals surface area contributed by atoms with Crippen molar-refractivity contribution in [3.63, 3.8) is 0 Å². The van der Waals surface area contributed by atoms with Crippen molar-refractivity contribution in [2.24, 2.45) is 0 Å². The lowest BCUT2D eigenvalue weighted by Crippen LogP contribution is -2.34. The van der Waals surface area contributed by atoms with E-state index in [2.05, 4.69) is 10.4 Å².